The number of aromatic nitrogens is 5. The van der Waals surface area contributed by atoms with Gasteiger partial charge in [0.25, 0.3) is 5.91 Å². The van der Waals surface area contributed by atoms with Gasteiger partial charge in [0.15, 0.2) is 11.0 Å². The fourth-order valence-electron chi connectivity index (χ4n) is 5.92. The van der Waals surface area contributed by atoms with Gasteiger partial charge >= 0.3 is 0 Å². The van der Waals surface area contributed by atoms with Crippen molar-refractivity contribution in [3.63, 3.8) is 0 Å². The Balaban J connectivity index is 1.04. The molecule has 8 nitrogen and oxygen atoms in total. The van der Waals surface area contributed by atoms with E-state index in [0.717, 1.165) is 34.9 Å². The number of thiazole rings is 1. The number of hydrogen-bond donors (Lipinski definition) is 0. The summed E-state index contributed by atoms with van der Waals surface area (Å²) >= 11 is 9.44. The van der Waals surface area contributed by atoms with Crippen LogP contribution in [0.1, 0.15) is 38.2 Å². The predicted octanol–water partition coefficient (Wildman–Crippen LogP) is 7.59. The summed E-state index contributed by atoms with van der Waals surface area (Å²) in [5, 5.41) is 13.2. The van der Waals surface area contributed by atoms with Crippen LogP contribution >= 0.6 is 34.7 Å². The Kier molecular flexibility index (Phi) is 9.44. The maximum absolute atomic E-state index is 13.6. The smallest absolute Gasteiger partial charge is 0.273 e. The minimum absolute atomic E-state index is 0.0224. The van der Waals surface area contributed by atoms with Crippen molar-refractivity contribution in [2.45, 2.75) is 23.9 Å². The second kappa shape index (κ2) is 14.2. The highest BCUT2D eigenvalue weighted by atomic mass is 35.5. The summed E-state index contributed by atoms with van der Waals surface area (Å²) < 4.78 is 2.03. The molecule has 1 fully saturated rings. The third kappa shape index (κ3) is 6.87. The minimum Gasteiger partial charge on any atom is -0.335 e. The van der Waals surface area contributed by atoms with Crippen LogP contribution in [0.2, 0.25) is 5.02 Å². The second-order valence-electron chi connectivity index (χ2n) is 11.3. The maximum atomic E-state index is 13.6. The largest absolute Gasteiger partial charge is 0.335 e. The lowest BCUT2D eigenvalue weighted by molar-refractivity contribution is 0.0592. The minimum atomic E-state index is -0.0224. The van der Waals surface area contributed by atoms with Crippen LogP contribution in [0.15, 0.2) is 114 Å². The Labute approximate surface area is 287 Å². The van der Waals surface area contributed by atoms with Crippen LogP contribution < -0.4 is 0 Å². The number of aryl methyl sites for hydroxylation is 1. The number of hydrogen-bond acceptors (Lipinski definition) is 8. The molecule has 6 aromatic rings. The molecule has 3 aromatic carbocycles. The predicted molar refractivity (Wildman–Crippen MR) is 188 cm³/mol. The molecule has 1 saturated heterocycles. The SMILES string of the molecule is Cc1ccc(Cl)cc1-n1c(SCc2nc(C(=O)N3CCN(C(c4ccccc4)c4ccccc4)CC3)cs2)nnc1-c1ccncc1. The summed E-state index contributed by atoms with van der Waals surface area (Å²) in [6, 6.07) is 31.0. The van der Waals surface area contributed by atoms with Crippen molar-refractivity contribution >= 4 is 40.6 Å². The number of thioether (sulfide) groups is 1. The molecule has 0 radical (unpaired) electrons. The number of piperazine rings is 1. The van der Waals surface area contributed by atoms with Gasteiger partial charge in [0.05, 0.1) is 17.5 Å². The van der Waals surface area contributed by atoms with E-state index in [1.165, 1.54) is 34.2 Å². The van der Waals surface area contributed by atoms with E-state index in [4.69, 9.17) is 16.6 Å². The Bertz CT molecular complexity index is 1920. The molecule has 0 N–H and O–H groups in total. The Morgan fingerprint density at radius 3 is 2.26 bits per heavy atom. The molecule has 1 aliphatic rings. The summed E-state index contributed by atoms with van der Waals surface area (Å²) in [6.45, 7) is 4.91. The van der Waals surface area contributed by atoms with Crippen molar-refractivity contribution in [2.24, 2.45) is 0 Å². The summed E-state index contributed by atoms with van der Waals surface area (Å²) in [7, 11) is 0. The van der Waals surface area contributed by atoms with Crippen LogP contribution in [0.3, 0.4) is 0 Å². The monoisotopic (exact) mass is 677 g/mol. The number of halogens is 1. The van der Waals surface area contributed by atoms with E-state index in [-0.39, 0.29) is 11.9 Å². The number of benzene rings is 3. The Hall–Kier alpha value is -4.35. The van der Waals surface area contributed by atoms with E-state index in [1.807, 2.05) is 64.2 Å². The van der Waals surface area contributed by atoms with Gasteiger partial charge in [-0.3, -0.25) is 19.2 Å². The van der Waals surface area contributed by atoms with Gasteiger partial charge < -0.3 is 4.90 Å². The zero-order valence-electron chi connectivity index (χ0n) is 25.7. The summed E-state index contributed by atoms with van der Waals surface area (Å²) in [6.07, 6.45) is 3.48. The van der Waals surface area contributed by atoms with Crippen LogP contribution in [-0.4, -0.2) is 66.6 Å². The topological polar surface area (TPSA) is 80.0 Å². The number of carbonyl (C=O) groups excluding carboxylic acids is 1. The molecular weight excluding hydrogens is 646 g/mol. The van der Waals surface area contributed by atoms with Gasteiger partial charge in [-0.2, -0.15) is 0 Å². The molecule has 47 heavy (non-hydrogen) atoms. The first-order valence-electron chi connectivity index (χ1n) is 15.4. The molecule has 0 saturated carbocycles. The molecule has 0 unspecified atom stereocenters. The van der Waals surface area contributed by atoms with E-state index >= 15 is 0 Å². The number of rotatable bonds is 9. The fraction of sp³-hybridized carbons (Fsp3) is 0.194. The van der Waals surface area contributed by atoms with Crippen LogP contribution in [-0.2, 0) is 5.75 Å². The van der Waals surface area contributed by atoms with Crippen LogP contribution in [0, 0.1) is 6.92 Å². The number of nitrogens with zero attached hydrogens (tertiary/aromatic N) is 7. The second-order valence-corrected chi connectivity index (χ2v) is 13.6. The first-order valence-corrected chi connectivity index (χ1v) is 17.6. The first-order chi connectivity index (χ1) is 23.0. The molecule has 7 rings (SSSR count). The first kappa shape index (κ1) is 31.3. The van der Waals surface area contributed by atoms with Crippen LogP contribution in [0.25, 0.3) is 17.1 Å². The Morgan fingerprint density at radius 2 is 1.57 bits per heavy atom. The van der Waals surface area contributed by atoms with E-state index in [0.29, 0.717) is 40.5 Å². The molecule has 0 atom stereocenters. The number of carbonyl (C=O) groups is 1. The summed E-state index contributed by atoms with van der Waals surface area (Å²) in [4.78, 5) is 26.9. The van der Waals surface area contributed by atoms with Gasteiger partial charge in [-0.15, -0.1) is 21.5 Å². The van der Waals surface area contributed by atoms with Crippen LogP contribution in [0.4, 0.5) is 0 Å². The quantitative estimate of drug-likeness (QED) is 0.146. The van der Waals surface area contributed by atoms with Crippen molar-refractivity contribution in [1.29, 1.82) is 0 Å². The number of amides is 1. The molecule has 1 amide bonds. The van der Waals surface area contributed by atoms with E-state index < -0.39 is 0 Å². The third-order valence-electron chi connectivity index (χ3n) is 8.28. The van der Waals surface area contributed by atoms with Gasteiger partial charge in [-0.25, -0.2) is 4.98 Å². The molecular formula is C36H32ClN7OS2. The molecule has 1 aliphatic heterocycles. The highest BCUT2D eigenvalue weighted by Crippen LogP contribution is 2.33. The third-order valence-corrected chi connectivity index (χ3v) is 10.5. The molecule has 11 heteroatoms. The molecule has 0 spiro atoms. The van der Waals surface area contributed by atoms with Crippen molar-refractivity contribution in [3.05, 3.63) is 141 Å². The van der Waals surface area contributed by atoms with Crippen molar-refractivity contribution < 1.29 is 4.79 Å². The normalized spacial score (nSPS) is 13.7. The molecule has 236 valence electrons. The highest BCUT2D eigenvalue weighted by molar-refractivity contribution is 7.98. The van der Waals surface area contributed by atoms with Gasteiger partial charge in [0.2, 0.25) is 0 Å². The van der Waals surface area contributed by atoms with Crippen LogP contribution in [0.5, 0.6) is 0 Å². The number of pyridine rings is 1. The lowest BCUT2D eigenvalue weighted by Gasteiger charge is -2.39. The average molecular weight is 678 g/mol. The summed E-state index contributed by atoms with van der Waals surface area (Å²) in [5.41, 5.74) is 5.87. The maximum Gasteiger partial charge on any atom is 0.273 e. The molecule has 0 aliphatic carbocycles. The molecule has 4 heterocycles. The standard InChI is InChI=1S/C36H32ClN7OS2/c1-25-12-13-29(37)22-31(25)44-34(28-14-16-38-17-15-28)40-41-36(44)47-24-32-39-30(23-46-32)35(45)43-20-18-42(19-21-43)33(26-8-4-2-5-9-26)27-10-6-3-7-11-27/h2-17,22-23,33H,18-21,24H2,1H3. The van der Waals surface area contributed by atoms with E-state index in [2.05, 4.69) is 68.6 Å². The van der Waals surface area contributed by atoms with Crippen molar-refractivity contribution in [1.82, 2.24) is 34.5 Å². The zero-order chi connectivity index (χ0) is 32.2. The zero-order valence-corrected chi connectivity index (χ0v) is 28.1. The lowest BCUT2D eigenvalue weighted by atomic mass is 9.96. The van der Waals surface area contributed by atoms with Gasteiger partial charge in [-0.05, 0) is 47.9 Å². The van der Waals surface area contributed by atoms with Crippen molar-refractivity contribution in [2.75, 3.05) is 26.2 Å². The van der Waals surface area contributed by atoms with E-state index in [9.17, 15) is 4.79 Å². The van der Waals surface area contributed by atoms with Crippen molar-refractivity contribution in [3.8, 4) is 17.1 Å². The Morgan fingerprint density at radius 1 is 0.894 bits per heavy atom. The summed E-state index contributed by atoms with van der Waals surface area (Å²) in [5.74, 6) is 1.23. The average Bonchev–Trinajstić information content (AvgIpc) is 3.77. The molecule has 3 aromatic heterocycles. The fourth-order valence-corrected chi connectivity index (χ4v) is 7.82. The van der Waals surface area contributed by atoms with Gasteiger partial charge in [-0.1, -0.05) is 90.1 Å². The highest BCUT2D eigenvalue weighted by Gasteiger charge is 2.29. The lowest BCUT2D eigenvalue weighted by Crippen LogP contribution is -2.50. The molecule has 0 bridgehead atoms. The van der Waals surface area contributed by atoms with E-state index in [1.54, 1.807) is 12.4 Å². The van der Waals surface area contributed by atoms with Gasteiger partial charge in [0, 0.05) is 54.5 Å². The van der Waals surface area contributed by atoms with Gasteiger partial charge in [0.1, 0.15) is 10.7 Å².